The van der Waals surface area contributed by atoms with Gasteiger partial charge in [0, 0.05) is 38.0 Å². The monoisotopic (exact) mass is 404 g/mol. The quantitative estimate of drug-likeness (QED) is 0.370. The Morgan fingerprint density at radius 3 is 2.57 bits per heavy atom. The van der Waals surface area contributed by atoms with Crippen LogP contribution in [-0.2, 0) is 11.8 Å². The van der Waals surface area contributed by atoms with Crippen molar-refractivity contribution in [2.45, 2.75) is 37.8 Å². The number of nitrogens with one attached hydrogen (secondary N) is 1. The van der Waals surface area contributed by atoms with E-state index in [4.69, 9.17) is 0 Å². The van der Waals surface area contributed by atoms with Gasteiger partial charge >= 0.3 is 0 Å². The van der Waals surface area contributed by atoms with Gasteiger partial charge in [-0.1, -0.05) is 24.3 Å². The van der Waals surface area contributed by atoms with Crippen LogP contribution in [0.5, 0.6) is 0 Å². The summed E-state index contributed by atoms with van der Waals surface area (Å²) in [7, 11) is 3.80. The number of hydrogen-bond donors (Lipinski definition) is 1. The largest absolute Gasteiger partial charge is 0.323 e. The van der Waals surface area contributed by atoms with Crippen molar-refractivity contribution in [2.75, 3.05) is 13.6 Å². The number of aryl methyl sites for hydroxylation is 1. The second kappa shape index (κ2) is 8.40. The number of rotatable bonds is 7. The lowest BCUT2D eigenvalue weighted by atomic mass is 10.0. The van der Waals surface area contributed by atoms with Gasteiger partial charge in [0.2, 0.25) is 0 Å². The van der Waals surface area contributed by atoms with Gasteiger partial charge in [-0.25, -0.2) is 0 Å². The molecule has 0 aliphatic heterocycles. The highest BCUT2D eigenvalue weighted by Crippen LogP contribution is 2.33. The van der Waals surface area contributed by atoms with Crippen molar-refractivity contribution >= 4 is 23.1 Å². The van der Waals surface area contributed by atoms with Crippen molar-refractivity contribution in [3.8, 4) is 11.1 Å². The first-order valence-electron chi connectivity index (χ1n) is 10.5. The topological polar surface area (TPSA) is 67.2 Å². The smallest absolute Gasteiger partial charge is 0.255 e. The zero-order valence-electron chi connectivity index (χ0n) is 17.6. The minimum atomic E-state index is -0.358. The molecule has 1 heterocycles. The number of aromatic nitrogens is 2. The van der Waals surface area contributed by atoms with E-state index in [2.05, 4.69) is 28.6 Å². The first-order valence-corrected chi connectivity index (χ1v) is 10.5. The van der Waals surface area contributed by atoms with Crippen LogP contribution in [0.2, 0.25) is 0 Å². The van der Waals surface area contributed by atoms with Gasteiger partial charge in [0.25, 0.3) is 5.91 Å². The molecule has 4 rings (SSSR count). The van der Waals surface area contributed by atoms with Crippen LogP contribution < -0.4 is 5.32 Å². The number of hydrogen-bond acceptors (Lipinski definition) is 4. The Hall–Kier alpha value is -2.99. The predicted octanol–water partition coefficient (Wildman–Crippen LogP) is 3.76. The number of fused-ring (bicyclic) bond motifs is 1. The van der Waals surface area contributed by atoms with E-state index in [-0.39, 0.29) is 11.6 Å². The van der Waals surface area contributed by atoms with Crippen LogP contribution in [0.3, 0.4) is 0 Å². The number of carbonyl (C=O) groups excluding carboxylic acids is 2. The molecule has 156 valence electrons. The molecule has 6 nitrogen and oxygen atoms in total. The third-order valence-electron chi connectivity index (χ3n) is 6.31. The van der Waals surface area contributed by atoms with Gasteiger partial charge in [0.15, 0.2) is 0 Å². The van der Waals surface area contributed by atoms with Gasteiger partial charge in [-0.3, -0.25) is 14.8 Å². The van der Waals surface area contributed by atoms with Crippen LogP contribution in [0.4, 0.5) is 0 Å². The Labute approximate surface area is 176 Å². The maximum Gasteiger partial charge on any atom is 0.255 e. The molecule has 1 saturated carbocycles. The first-order chi connectivity index (χ1) is 14.5. The summed E-state index contributed by atoms with van der Waals surface area (Å²) in [5.74, 6) is 0.00383. The Kier molecular flexibility index (Phi) is 5.68. The number of benzene rings is 2. The Bertz CT molecular complexity index is 1050. The second-order valence-corrected chi connectivity index (χ2v) is 8.10. The highest BCUT2D eigenvalue weighted by Gasteiger charge is 2.39. The van der Waals surface area contributed by atoms with E-state index in [0.717, 1.165) is 54.0 Å². The third-order valence-corrected chi connectivity index (χ3v) is 6.31. The van der Waals surface area contributed by atoms with Crippen molar-refractivity contribution in [3.63, 3.8) is 0 Å². The molecule has 1 aliphatic rings. The van der Waals surface area contributed by atoms with E-state index in [1.54, 1.807) is 0 Å². The van der Waals surface area contributed by atoms with E-state index in [1.807, 2.05) is 54.1 Å². The van der Waals surface area contributed by atoms with Gasteiger partial charge < -0.3 is 9.69 Å². The normalized spacial score (nSPS) is 15.4. The predicted molar refractivity (Wildman–Crippen MR) is 118 cm³/mol. The molecule has 30 heavy (non-hydrogen) atoms. The molecule has 1 fully saturated rings. The van der Waals surface area contributed by atoms with E-state index in [9.17, 15) is 9.59 Å². The molecule has 0 atom stereocenters. The minimum absolute atomic E-state index is 0.00383. The van der Waals surface area contributed by atoms with Gasteiger partial charge in [0.1, 0.15) is 6.29 Å². The summed E-state index contributed by atoms with van der Waals surface area (Å²) < 4.78 is 1.87. The molecule has 1 N–H and O–H groups in total. The van der Waals surface area contributed by atoms with Crippen molar-refractivity contribution < 1.29 is 9.59 Å². The summed E-state index contributed by atoms with van der Waals surface area (Å²) >= 11 is 0. The Morgan fingerprint density at radius 2 is 1.87 bits per heavy atom. The highest BCUT2D eigenvalue weighted by atomic mass is 16.2. The number of aldehydes is 1. The molecule has 1 aliphatic carbocycles. The lowest BCUT2D eigenvalue weighted by molar-refractivity contribution is -0.107. The standard InChI is InChI=1S/C24H28N4O2/c1-27(24(12-3-4-13-24)25-14-5-15-29)23(30)19-8-6-18(7-9-19)20-10-11-21-17-26-28(2)22(21)16-20/h6-11,15-17,25H,3-5,12-14H2,1-2H3. The SMILES string of the molecule is CN(C(=O)c1ccc(-c2ccc3cnn(C)c3c2)cc1)C1(NCCC=O)CCCC1. The molecule has 0 unspecified atom stereocenters. The molecule has 0 saturated heterocycles. The highest BCUT2D eigenvalue weighted by molar-refractivity contribution is 5.95. The van der Waals surface area contributed by atoms with Crippen LogP contribution in [-0.4, -0.2) is 46.1 Å². The zero-order chi connectivity index (χ0) is 21.1. The van der Waals surface area contributed by atoms with Crippen molar-refractivity contribution in [2.24, 2.45) is 7.05 Å². The van der Waals surface area contributed by atoms with Gasteiger partial charge in [-0.15, -0.1) is 0 Å². The lowest BCUT2D eigenvalue weighted by Crippen LogP contribution is -2.57. The average Bonchev–Trinajstić information content (AvgIpc) is 3.40. The van der Waals surface area contributed by atoms with Crippen LogP contribution in [0.1, 0.15) is 42.5 Å². The summed E-state index contributed by atoms with van der Waals surface area (Å²) in [4.78, 5) is 25.7. The Balaban J connectivity index is 1.54. The average molecular weight is 405 g/mol. The lowest BCUT2D eigenvalue weighted by Gasteiger charge is -2.40. The molecular formula is C24H28N4O2. The van der Waals surface area contributed by atoms with Crippen molar-refractivity contribution in [3.05, 3.63) is 54.2 Å². The van der Waals surface area contributed by atoms with Crippen molar-refractivity contribution in [1.82, 2.24) is 20.0 Å². The molecule has 6 heteroatoms. The molecule has 0 spiro atoms. The molecule has 0 radical (unpaired) electrons. The van der Waals surface area contributed by atoms with E-state index in [1.165, 1.54) is 0 Å². The molecule has 1 amide bonds. The first kappa shape index (κ1) is 20.3. The maximum absolute atomic E-state index is 13.2. The fourth-order valence-electron chi connectivity index (χ4n) is 4.47. The van der Waals surface area contributed by atoms with Crippen LogP contribution in [0.25, 0.3) is 22.0 Å². The second-order valence-electron chi connectivity index (χ2n) is 8.10. The summed E-state index contributed by atoms with van der Waals surface area (Å²) in [6, 6.07) is 14.1. The van der Waals surface area contributed by atoms with E-state index >= 15 is 0 Å². The third kappa shape index (κ3) is 3.75. The molecule has 2 aromatic carbocycles. The van der Waals surface area contributed by atoms with E-state index in [0.29, 0.717) is 18.5 Å². The minimum Gasteiger partial charge on any atom is -0.323 e. The van der Waals surface area contributed by atoms with E-state index < -0.39 is 0 Å². The fraction of sp³-hybridized carbons (Fsp3) is 0.375. The number of nitrogens with zero attached hydrogens (tertiary/aromatic N) is 3. The van der Waals surface area contributed by atoms with Crippen LogP contribution in [0, 0.1) is 0 Å². The summed E-state index contributed by atoms with van der Waals surface area (Å²) in [6.07, 6.45) is 7.23. The van der Waals surface area contributed by atoms with Crippen LogP contribution >= 0.6 is 0 Å². The summed E-state index contributed by atoms with van der Waals surface area (Å²) in [5.41, 5.74) is 3.56. The van der Waals surface area contributed by atoms with Gasteiger partial charge in [0.05, 0.1) is 17.4 Å². The fourth-order valence-corrected chi connectivity index (χ4v) is 4.47. The Morgan fingerprint density at radius 1 is 1.17 bits per heavy atom. The molecule has 0 bridgehead atoms. The maximum atomic E-state index is 13.2. The molecule has 3 aromatic rings. The zero-order valence-corrected chi connectivity index (χ0v) is 17.6. The van der Waals surface area contributed by atoms with Crippen LogP contribution in [0.15, 0.2) is 48.7 Å². The van der Waals surface area contributed by atoms with Crippen molar-refractivity contribution in [1.29, 1.82) is 0 Å². The summed E-state index contributed by atoms with van der Waals surface area (Å²) in [5, 5.41) is 8.88. The number of amides is 1. The number of carbonyl (C=O) groups is 2. The van der Waals surface area contributed by atoms with Gasteiger partial charge in [-0.2, -0.15) is 5.10 Å². The van der Waals surface area contributed by atoms with Gasteiger partial charge in [-0.05, 0) is 55.0 Å². The molecule has 1 aromatic heterocycles. The summed E-state index contributed by atoms with van der Waals surface area (Å²) in [6.45, 7) is 0.594. The molecular weight excluding hydrogens is 376 g/mol.